The second-order valence-electron chi connectivity index (χ2n) is 8.50. The number of carboxylic acid groups (broad SMARTS) is 1. The summed E-state index contributed by atoms with van der Waals surface area (Å²) in [7, 11) is 1.45. The van der Waals surface area contributed by atoms with Crippen LogP contribution in [0.4, 0.5) is 17.4 Å². The van der Waals surface area contributed by atoms with Gasteiger partial charge in [0.25, 0.3) is 0 Å². The number of hydrogen-bond donors (Lipinski definition) is 3. The van der Waals surface area contributed by atoms with Crippen molar-refractivity contribution in [2.24, 2.45) is 5.92 Å². The second kappa shape index (κ2) is 10.7. The molecule has 1 saturated carbocycles. The summed E-state index contributed by atoms with van der Waals surface area (Å²) in [5.74, 6) is -1.46. The number of aliphatic carboxylic acids is 1. The molecule has 2 heterocycles. The highest BCUT2D eigenvalue weighted by molar-refractivity contribution is 9.10. The molecule has 36 heavy (non-hydrogen) atoms. The summed E-state index contributed by atoms with van der Waals surface area (Å²) in [4.78, 5) is 28.2. The Morgan fingerprint density at radius 3 is 2.64 bits per heavy atom. The van der Waals surface area contributed by atoms with Crippen LogP contribution in [0.3, 0.4) is 0 Å². The Balaban J connectivity index is 1.41. The predicted octanol–water partition coefficient (Wildman–Crippen LogP) is 5.30. The fourth-order valence-corrected chi connectivity index (χ4v) is 4.54. The molecule has 0 bridgehead atoms. The van der Waals surface area contributed by atoms with Gasteiger partial charge in [-0.1, -0.05) is 32.6 Å². The van der Waals surface area contributed by atoms with E-state index in [1.807, 2.05) is 6.92 Å². The maximum Gasteiger partial charge on any atom is 0.320 e. The number of benzene rings is 1. The molecule has 0 radical (unpaired) electrons. The maximum atomic E-state index is 12.7. The van der Waals surface area contributed by atoms with Crippen LogP contribution in [-0.4, -0.2) is 44.9 Å². The van der Waals surface area contributed by atoms with E-state index in [2.05, 4.69) is 41.7 Å². The zero-order chi connectivity index (χ0) is 25.9. The van der Waals surface area contributed by atoms with Gasteiger partial charge in [-0.3, -0.25) is 9.59 Å². The number of carbonyl (C=O) groups is 2. The van der Waals surface area contributed by atoms with E-state index >= 15 is 0 Å². The molecule has 0 aliphatic heterocycles. The van der Waals surface area contributed by atoms with E-state index in [0.29, 0.717) is 48.0 Å². The fraction of sp³-hybridized carbons (Fsp3) is 0.348. The number of carboxylic acids is 1. The summed E-state index contributed by atoms with van der Waals surface area (Å²) in [6.45, 7) is 1.93. The van der Waals surface area contributed by atoms with Crippen molar-refractivity contribution in [3.8, 4) is 11.6 Å². The normalized spacial score (nSPS) is 19.4. The second-order valence-corrected chi connectivity index (χ2v) is 9.83. The van der Waals surface area contributed by atoms with Crippen LogP contribution in [0.1, 0.15) is 43.3 Å². The first-order valence-electron chi connectivity index (χ1n) is 11.0. The number of anilines is 3. The standard InChI is InChI=1S/C23H23BrClN5O6/c1-23(7-5-12(6-8-23)21(32)33)36-18-10-17(34-2)16(11-26-18)27-19(31)20-29-30-22(35-20)28-15-4-3-13(24)9-14(15)25/h3-4,9-12H,5-8H2,1-2H3,(H,27,31)(H,28,30)(H,32,33). The highest BCUT2D eigenvalue weighted by Crippen LogP contribution is 2.37. The third-order valence-electron chi connectivity index (χ3n) is 5.84. The van der Waals surface area contributed by atoms with Gasteiger partial charge in [-0.2, -0.15) is 0 Å². The Hall–Kier alpha value is -3.38. The van der Waals surface area contributed by atoms with Crippen molar-refractivity contribution in [1.29, 1.82) is 0 Å². The number of methoxy groups -OCH3 is 1. The number of hydrogen-bond acceptors (Lipinski definition) is 9. The van der Waals surface area contributed by atoms with E-state index in [4.69, 9.17) is 25.5 Å². The first-order valence-corrected chi connectivity index (χ1v) is 12.2. The Morgan fingerprint density at radius 2 is 1.97 bits per heavy atom. The van der Waals surface area contributed by atoms with Gasteiger partial charge in [0.1, 0.15) is 17.0 Å². The molecule has 2 aromatic heterocycles. The molecule has 0 unspecified atom stereocenters. The third kappa shape index (κ3) is 6.05. The molecule has 1 fully saturated rings. The molecule has 1 aliphatic rings. The van der Waals surface area contributed by atoms with E-state index in [9.17, 15) is 14.7 Å². The molecule has 0 saturated heterocycles. The van der Waals surface area contributed by atoms with Gasteiger partial charge < -0.3 is 29.6 Å². The number of amides is 1. The van der Waals surface area contributed by atoms with Crippen molar-refractivity contribution >= 4 is 56.8 Å². The third-order valence-corrected chi connectivity index (χ3v) is 6.65. The van der Waals surface area contributed by atoms with Crippen molar-refractivity contribution in [3.05, 3.63) is 45.8 Å². The Morgan fingerprint density at radius 1 is 1.22 bits per heavy atom. The zero-order valence-electron chi connectivity index (χ0n) is 19.4. The monoisotopic (exact) mass is 579 g/mol. The summed E-state index contributed by atoms with van der Waals surface area (Å²) < 4.78 is 17.7. The average Bonchev–Trinajstić information content (AvgIpc) is 3.31. The van der Waals surface area contributed by atoms with Crippen LogP contribution in [0.2, 0.25) is 5.02 Å². The molecule has 4 rings (SSSR count). The van der Waals surface area contributed by atoms with Gasteiger partial charge in [-0.25, -0.2) is 4.98 Å². The van der Waals surface area contributed by atoms with E-state index < -0.39 is 17.5 Å². The Bertz CT molecular complexity index is 1280. The van der Waals surface area contributed by atoms with Gasteiger partial charge in [0.05, 0.1) is 29.9 Å². The maximum absolute atomic E-state index is 12.7. The van der Waals surface area contributed by atoms with Gasteiger partial charge in [-0.05, 0) is 50.8 Å². The molecule has 11 nitrogen and oxygen atoms in total. The van der Waals surface area contributed by atoms with Crippen molar-refractivity contribution < 1.29 is 28.6 Å². The Labute approximate surface area is 219 Å². The lowest BCUT2D eigenvalue weighted by Gasteiger charge is -2.36. The molecule has 1 aliphatic carbocycles. The van der Waals surface area contributed by atoms with Gasteiger partial charge in [0.15, 0.2) is 0 Å². The molecule has 1 aromatic carbocycles. The first kappa shape index (κ1) is 25.7. The number of aromatic nitrogens is 3. The highest BCUT2D eigenvalue weighted by atomic mass is 79.9. The molecule has 3 N–H and O–H groups in total. The first-order chi connectivity index (χ1) is 17.2. The van der Waals surface area contributed by atoms with Gasteiger partial charge >= 0.3 is 23.8 Å². The smallest absolute Gasteiger partial charge is 0.320 e. The number of ether oxygens (including phenoxy) is 2. The van der Waals surface area contributed by atoms with Crippen LogP contribution in [0, 0.1) is 5.92 Å². The quantitative estimate of drug-likeness (QED) is 0.320. The highest BCUT2D eigenvalue weighted by Gasteiger charge is 2.36. The van der Waals surface area contributed by atoms with Crippen molar-refractivity contribution in [3.63, 3.8) is 0 Å². The van der Waals surface area contributed by atoms with E-state index in [1.165, 1.54) is 13.3 Å². The van der Waals surface area contributed by atoms with Gasteiger partial charge in [-0.15, -0.1) is 5.10 Å². The molecular weight excluding hydrogens is 558 g/mol. The van der Waals surface area contributed by atoms with Gasteiger partial charge in [0, 0.05) is 10.5 Å². The molecule has 0 spiro atoms. The average molecular weight is 581 g/mol. The van der Waals surface area contributed by atoms with Crippen LogP contribution in [0.5, 0.6) is 11.6 Å². The van der Waals surface area contributed by atoms with Crippen LogP contribution >= 0.6 is 27.5 Å². The van der Waals surface area contributed by atoms with Crippen molar-refractivity contribution in [1.82, 2.24) is 15.2 Å². The van der Waals surface area contributed by atoms with Crippen LogP contribution < -0.4 is 20.1 Å². The summed E-state index contributed by atoms with van der Waals surface area (Å²) in [5, 5.41) is 22.7. The predicted molar refractivity (Wildman–Crippen MR) is 134 cm³/mol. The number of pyridine rings is 1. The number of nitrogens with one attached hydrogen (secondary N) is 2. The molecule has 3 aromatic rings. The van der Waals surface area contributed by atoms with Crippen LogP contribution in [-0.2, 0) is 4.79 Å². The number of carbonyl (C=O) groups excluding carboxylic acids is 1. The topological polar surface area (TPSA) is 149 Å². The molecule has 190 valence electrons. The number of nitrogens with zero attached hydrogens (tertiary/aromatic N) is 3. The molecule has 1 amide bonds. The van der Waals surface area contributed by atoms with Crippen LogP contribution in [0.15, 0.2) is 39.4 Å². The summed E-state index contributed by atoms with van der Waals surface area (Å²) >= 11 is 9.50. The SMILES string of the molecule is COc1cc(OC2(C)CCC(C(=O)O)CC2)ncc1NC(=O)c1nnc(Nc2ccc(Br)cc2Cl)o1. The van der Waals surface area contributed by atoms with Crippen molar-refractivity contribution in [2.45, 2.75) is 38.2 Å². The molecule has 13 heteroatoms. The van der Waals surface area contributed by atoms with Gasteiger partial charge in [0.2, 0.25) is 5.88 Å². The number of halogens is 2. The van der Waals surface area contributed by atoms with E-state index in [-0.39, 0.29) is 23.5 Å². The Kier molecular flexibility index (Phi) is 7.65. The molecule has 0 atom stereocenters. The zero-order valence-corrected chi connectivity index (χ0v) is 21.7. The van der Waals surface area contributed by atoms with Crippen molar-refractivity contribution in [2.75, 3.05) is 17.7 Å². The minimum absolute atomic E-state index is 0.0101. The summed E-state index contributed by atoms with van der Waals surface area (Å²) in [5.41, 5.74) is 0.264. The summed E-state index contributed by atoms with van der Waals surface area (Å²) in [6, 6.07) is 6.74. The minimum atomic E-state index is -0.779. The molecular formula is C23H23BrClN5O6. The van der Waals surface area contributed by atoms with E-state index in [0.717, 1.165) is 4.47 Å². The lowest BCUT2D eigenvalue weighted by Crippen LogP contribution is -2.38. The minimum Gasteiger partial charge on any atom is -0.494 e. The fourth-order valence-electron chi connectivity index (χ4n) is 3.81. The van der Waals surface area contributed by atoms with Crippen LogP contribution in [0.25, 0.3) is 0 Å². The summed E-state index contributed by atoms with van der Waals surface area (Å²) in [6.07, 6.45) is 3.64. The lowest BCUT2D eigenvalue weighted by atomic mass is 9.80. The van der Waals surface area contributed by atoms with E-state index in [1.54, 1.807) is 24.3 Å². The largest absolute Gasteiger partial charge is 0.494 e. The lowest BCUT2D eigenvalue weighted by molar-refractivity contribution is -0.144. The number of rotatable bonds is 8.